The predicted octanol–water partition coefficient (Wildman–Crippen LogP) is -1.44. The van der Waals surface area contributed by atoms with Crippen LogP contribution in [0.15, 0.2) is 0 Å². The molecule has 2 amide bonds. The number of urea groups is 1. The number of rotatable bonds is 5. The van der Waals surface area contributed by atoms with E-state index >= 15 is 0 Å². The number of nitrogens with one attached hydrogen (secondary N) is 1. The van der Waals surface area contributed by atoms with E-state index < -0.39 is 21.4 Å². The quantitative estimate of drug-likeness (QED) is 0.572. The van der Waals surface area contributed by atoms with Crippen molar-refractivity contribution in [2.24, 2.45) is 0 Å². The van der Waals surface area contributed by atoms with Crippen LogP contribution in [-0.2, 0) is 9.84 Å². The fraction of sp³-hybridized carbons (Fsp3) is 0.900. The number of amides is 2. The van der Waals surface area contributed by atoms with Crippen molar-refractivity contribution in [2.75, 3.05) is 37.8 Å². The molecule has 1 aliphatic heterocycles. The normalized spacial score (nSPS) is 25.9. The fourth-order valence-electron chi connectivity index (χ4n) is 2.00. The second-order valence-corrected chi connectivity index (χ2v) is 6.95. The van der Waals surface area contributed by atoms with E-state index in [4.69, 9.17) is 10.2 Å². The van der Waals surface area contributed by atoms with Crippen LogP contribution in [0.1, 0.15) is 13.3 Å². The molecule has 3 N–H and O–H groups in total. The summed E-state index contributed by atoms with van der Waals surface area (Å²) in [6.07, 6.45) is 0.382. The van der Waals surface area contributed by atoms with Gasteiger partial charge in [-0.3, -0.25) is 0 Å². The summed E-state index contributed by atoms with van der Waals surface area (Å²) >= 11 is 0. The summed E-state index contributed by atoms with van der Waals surface area (Å²) in [5.74, 6) is 0.00160. The molecule has 0 aromatic carbocycles. The minimum absolute atomic E-state index is 0.0716. The van der Waals surface area contributed by atoms with Crippen LogP contribution < -0.4 is 5.32 Å². The first kappa shape index (κ1) is 15.2. The van der Waals surface area contributed by atoms with Crippen LogP contribution in [-0.4, -0.2) is 72.9 Å². The van der Waals surface area contributed by atoms with Crippen molar-refractivity contribution in [3.8, 4) is 0 Å². The molecule has 1 fully saturated rings. The second-order valence-electron chi connectivity index (χ2n) is 4.77. The third-order valence-electron chi connectivity index (χ3n) is 2.94. The van der Waals surface area contributed by atoms with Crippen molar-refractivity contribution in [3.05, 3.63) is 0 Å². The maximum Gasteiger partial charge on any atom is 0.318 e. The number of sulfone groups is 1. The highest BCUT2D eigenvalue weighted by molar-refractivity contribution is 7.91. The third kappa shape index (κ3) is 4.11. The molecule has 1 unspecified atom stereocenters. The maximum absolute atomic E-state index is 11.9. The van der Waals surface area contributed by atoms with Crippen LogP contribution in [0.5, 0.6) is 0 Å². The monoisotopic (exact) mass is 280 g/mol. The van der Waals surface area contributed by atoms with Gasteiger partial charge >= 0.3 is 6.03 Å². The van der Waals surface area contributed by atoms with Crippen molar-refractivity contribution < 1.29 is 23.4 Å². The lowest BCUT2D eigenvalue weighted by atomic mass is 10.0. The van der Waals surface area contributed by atoms with Gasteiger partial charge in [-0.15, -0.1) is 0 Å². The van der Waals surface area contributed by atoms with Crippen molar-refractivity contribution in [2.45, 2.75) is 18.9 Å². The van der Waals surface area contributed by atoms with E-state index in [0.717, 1.165) is 0 Å². The van der Waals surface area contributed by atoms with E-state index in [-0.39, 0.29) is 37.8 Å². The van der Waals surface area contributed by atoms with E-state index in [9.17, 15) is 13.2 Å². The van der Waals surface area contributed by atoms with Gasteiger partial charge in [0.15, 0.2) is 9.84 Å². The van der Waals surface area contributed by atoms with Gasteiger partial charge < -0.3 is 20.4 Å². The molecule has 18 heavy (non-hydrogen) atoms. The van der Waals surface area contributed by atoms with Crippen molar-refractivity contribution in [3.63, 3.8) is 0 Å². The zero-order chi connectivity index (χ0) is 13.8. The van der Waals surface area contributed by atoms with Gasteiger partial charge in [-0.2, -0.15) is 0 Å². The number of carbonyl (C=O) groups excluding carboxylic acids is 1. The number of aliphatic hydroxyl groups excluding tert-OH is 2. The van der Waals surface area contributed by atoms with Crippen LogP contribution in [0.4, 0.5) is 4.79 Å². The van der Waals surface area contributed by atoms with Gasteiger partial charge in [0.05, 0.1) is 30.3 Å². The first-order chi connectivity index (χ1) is 8.32. The molecule has 0 saturated carbocycles. The molecule has 0 spiro atoms. The summed E-state index contributed by atoms with van der Waals surface area (Å²) in [6.45, 7) is 1.49. The number of carbonyl (C=O) groups is 1. The van der Waals surface area contributed by atoms with E-state index in [1.807, 2.05) is 0 Å². The van der Waals surface area contributed by atoms with Gasteiger partial charge in [-0.05, 0) is 13.3 Å². The molecule has 0 radical (unpaired) electrons. The van der Waals surface area contributed by atoms with Crippen LogP contribution in [0, 0.1) is 0 Å². The smallest absolute Gasteiger partial charge is 0.318 e. The molecule has 1 saturated heterocycles. The molecule has 8 heteroatoms. The third-order valence-corrected chi connectivity index (χ3v) is 4.84. The predicted molar refractivity (Wildman–Crippen MR) is 66.0 cm³/mol. The summed E-state index contributed by atoms with van der Waals surface area (Å²) < 4.78 is 22.8. The number of hydrogen-bond acceptors (Lipinski definition) is 5. The topological polar surface area (TPSA) is 107 Å². The average Bonchev–Trinajstić information content (AvgIpc) is 2.52. The Balaban J connectivity index is 2.63. The zero-order valence-electron chi connectivity index (χ0n) is 10.4. The van der Waals surface area contributed by atoms with E-state index in [2.05, 4.69) is 5.32 Å². The van der Waals surface area contributed by atoms with E-state index in [1.165, 1.54) is 4.90 Å². The molecule has 7 nitrogen and oxygen atoms in total. The Hall–Kier alpha value is -0.860. The lowest BCUT2D eigenvalue weighted by Crippen LogP contribution is -2.53. The van der Waals surface area contributed by atoms with Crippen LogP contribution in [0.2, 0.25) is 0 Å². The van der Waals surface area contributed by atoms with Gasteiger partial charge in [-0.25, -0.2) is 13.2 Å². The van der Waals surface area contributed by atoms with Crippen molar-refractivity contribution >= 4 is 15.9 Å². The molecule has 1 aliphatic rings. The number of aliphatic hydroxyl groups is 2. The largest absolute Gasteiger partial charge is 0.395 e. The molecule has 1 heterocycles. The standard InChI is InChI=1S/C10H20N2O5S/c1-10(2-7-18(16,17)8-10)11-9(15)12(3-5-13)4-6-14/h13-14H,2-8H2,1H3,(H,11,15). The minimum Gasteiger partial charge on any atom is -0.395 e. The van der Waals surface area contributed by atoms with Gasteiger partial charge in [0.1, 0.15) is 0 Å². The number of hydrogen-bond donors (Lipinski definition) is 3. The SMILES string of the molecule is CC1(NC(=O)N(CCO)CCO)CCS(=O)(=O)C1. The highest BCUT2D eigenvalue weighted by Crippen LogP contribution is 2.22. The molecular weight excluding hydrogens is 260 g/mol. The van der Waals surface area contributed by atoms with Crippen LogP contribution >= 0.6 is 0 Å². The molecule has 0 aliphatic carbocycles. The zero-order valence-corrected chi connectivity index (χ0v) is 11.2. The highest BCUT2D eigenvalue weighted by atomic mass is 32.2. The summed E-state index contributed by atoms with van der Waals surface area (Å²) in [4.78, 5) is 13.2. The van der Waals surface area contributed by atoms with Gasteiger partial charge in [-0.1, -0.05) is 0 Å². The Morgan fingerprint density at radius 3 is 2.28 bits per heavy atom. The van der Waals surface area contributed by atoms with Crippen molar-refractivity contribution in [1.82, 2.24) is 10.2 Å². The van der Waals surface area contributed by atoms with E-state index in [1.54, 1.807) is 6.92 Å². The number of nitrogens with zero attached hydrogens (tertiary/aromatic N) is 1. The summed E-state index contributed by atoms with van der Waals surface area (Å²) in [5.41, 5.74) is -0.765. The summed E-state index contributed by atoms with van der Waals surface area (Å²) in [7, 11) is -3.08. The summed E-state index contributed by atoms with van der Waals surface area (Å²) in [5, 5.41) is 20.3. The molecular formula is C10H20N2O5S. The maximum atomic E-state index is 11.9. The molecule has 106 valence electrons. The first-order valence-corrected chi connectivity index (χ1v) is 7.63. The molecule has 1 rings (SSSR count). The van der Waals surface area contributed by atoms with E-state index in [0.29, 0.717) is 6.42 Å². The van der Waals surface area contributed by atoms with Gasteiger partial charge in [0, 0.05) is 13.1 Å². The molecule has 0 aromatic heterocycles. The Bertz CT molecular complexity index is 391. The first-order valence-electron chi connectivity index (χ1n) is 5.81. The Morgan fingerprint density at radius 2 is 1.89 bits per heavy atom. The van der Waals surface area contributed by atoms with Gasteiger partial charge in [0.2, 0.25) is 0 Å². The Morgan fingerprint density at radius 1 is 1.33 bits per heavy atom. The van der Waals surface area contributed by atoms with Crippen molar-refractivity contribution in [1.29, 1.82) is 0 Å². The Labute approximate surface area is 107 Å². The summed E-state index contributed by atoms with van der Waals surface area (Å²) in [6, 6.07) is -0.460. The Kier molecular flexibility index (Phi) is 4.94. The molecule has 0 aromatic rings. The van der Waals surface area contributed by atoms with Gasteiger partial charge in [0.25, 0.3) is 0 Å². The lowest BCUT2D eigenvalue weighted by molar-refractivity contribution is 0.151. The molecule has 0 bridgehead atoms. The van der Waals surface area contributed by atoms with Crippen LogP contribution in [0.25, 0.3) is 0 Å². The highest BCUT2D eigenvalue weighted by Gasteiger charge is 2.40. The lowest BCUT2D eigenvalue weighted by Gasteiger charge is -2.29. The fourth-order valence-corrected chi connectivity index (χ4v) is 4.10. The second kappa shape index (κ2) is 5.85. The molecule has 1 atom stereocenters. The average molecular weight is 280 g/mol. The minimum atomic E-state index is -3.08. The van der Waals surface area contributed by atoms with Crippen LogP contribution in [0.3, 0.4) is 0 Å².